The molecule has 1 aliphatic carbocycles. The zero-order valence-electron chi connectivity index (χ0n) is 12.7. The normalized spacial score (nSPS) is 20.8. The van der Waals surface area contributed by atoms with Gasteiger partial charge in [-0.2, -0.15) is 0 Å². The molecule has 5 heteroatoms. The van der Waals surface area contributed by atoms with Crippen LogP contribution in [-0.2, 0) is 20.0 Å². The largest absolute Gasteiger partial charge is 0.497 e. The summed E-state index contributed by atoms with van der Waals surface area (Å²) >= 11 is 0. The first-order valence-electron chi connectivity index (χ1n) is 7.11. The Morgan fingerprint density at radius 3 is 2.95 bits per heavy atom. The number of fused-ring (bicyclic) bond motifs is 1. The number of aryl methyl sites for hydroxylation is 1. The summed E-state index contributed by atoms with van der Waals surface area (Å²) in [6, 6.07) is 6.01. The van der Waals surface area contributed by atoms with E-state index in [4.69, 9.17) is 4.74 Å². The van der Waals surface area contributed by atoms with Gasteiger partial charge in [0.25, 0.3) is 0 Å². The van der Waals surface area contributed by atoms with Crippen molar-refractivity contribution in [2.45, 2.75) is 25.1 Å². The molecule has 112 valence electrons. The number of nitrogens with zero attached hydrogens (tertiary/aromatic N) is 3. The van der Waals surface area contributed by atoms with Crippen LogP contribution in [0.2, 0.25) is 0 Å². The van der Waals surface area contributed by atoms with E-state index >= 15 is 0 Å². The zero-order chi connectivity index (χ0) is 15.0. The Hall–Kier alpha value is -1.85. The molecule has 1 aliphatic rings. The molecule has 0 bridgehead atoms. The fourth-order valence-electron chi connectivity index (χ4n) is 2.99. The Balaban J connectivity index is 1.77. The highest BCUT2D eigenvalue weighted by molar-refractivity contribution is 5.41. The first-order chi connectivity index (χ1) is 10.1. The lowest BCUT2D eigenvalue weighted by molar-refractivity contribution is 0.0702. The van der Waals surface area contributed by atoms with E-state index in [9.17, 15) is 5.11 Å². The highest BCUT2D eigenvalue weighted by Gasteiger charge is 2.34. The second kappa shape index (κ2) is 5.50. The molecule has 0 saturated carbocycles. The molecule has 1 aromatic carbocycles. The molecule has 1 heterocycles. The van der Waals surface area contributed by atoms with Gasteiger partial charge in [0.2, 0.25) is 0 Å². The highest BCUT2D eigenvalue weighted by atomic mass is 16.5. The Labute approximate surface area is 124 Å². The minimum atomic E-state index is -0.486. The fourth-order valence-corrected chi connectivity index (χ4v) is 2.99. The standard InChI is InChI=1S/C16H21N3O2/c1-18-7-6-17-15(18)10-19(2)14-8-11-4-5-12(21-3)9-13(11)16(14)20/h4-7,9,14,16,20H,8,10H2,1-3H3. The van der Waals surface area contributed by atoms with E-state index in [2.05, 4.69) is 9.88 Å². The van der Waals surface area contributed by atoms with Crippen LogP contribution < -0.4 is 4.74 Å². The predicted octanol–water partition coefficient (Wildman–Crippen LogP) is 1.52. The summed E-state index contributed by atoms with van der Waals surface area (Å²) in [6.45, 7) is 0.719. The number of aliphatic hydroxyl groups is 1. The zero-order valence-corrected chi connectivity index (χ0v) is 12.7. The molecule has 1 aromatic heterocycles. The number of rotatable bonds is 4. The van der Waals surface area contributed by atoms with Crippen molar-refractivity contribution in [2.75, 3.05) is 14.2 Å². The summed E-state index contributed by atoms with van der Waals surface area (Å²) < 4.78 is 7.25. The van der Waals surface area contributed by atoms with Crippen molar-refractivity contribution in [1.29, 1.82) is 0 Å². The lowest BCUT2D eigenvalue weighted by Gasteiger charge is -2.26. The maximum absolute atomic E-state index is 10.6. The van der Waals surface area contributed by atoms with E-state index in [1.165, 1.54) is 5.56 Å². The van der Waals surface area contributed by atoms with Gasteiger partial charge in [-0.15, -0.1) is 0 Å². The third-order valence-corrected chi connectivity index (χ3v) is 4.34. The molecule has 0 aliphatic heterocycles. The van der Waals surface area contributed by atoms with E-state index in [-0.39, 0.29) is 6.04 Å². The predicted molar refractivity (Wildman–Crippen MR) is 80.1 cm³/mol. The average molecular weight is 287 g/mol. The van der Waals surface area contributed by atoms with E-state index in [0.29, 0.717) is 0 Å². The van der Waals surface area contributed by atoms with Gasteiger partial charge in [0, 0.05) is 25.5 Å². The summed E-state index contributed by atoms with van der Waals surface area (Å²) in [4.78, 5) is 6.51. The van der Waals surface area contributed by atoms with E-state index in [1.54, 1.807) is 13.3 Å². The number of ether oxygens (including phenoxy) is 1. The first kappa shape index (κ1) is 14.1. The monoisotopic (exact) mass is 287 g/mol. The Bertz CT molecular complexity index is 638. The van der Waals surface area contributed by atoms with Gasteiger partial charge < -0.3 is 14.4 Å². The highest BCUT2D eigenvalue weighted by Crippen LogP contribution is 2.36. The van der Waals surface area contributed by atoms with Gasteiger partial charge in [0.05, 0.1) is 19.8 Å². The number of benzene rings is 1. The summed E-state index contributed by atoms with van der Waals surface area (Å²) in [5, 5.41) is 10.6. The summed E-state index contributed by atoms with van der Waals surface area (Å²) in [5.41, 5.74) is 2.17. The number of likely N-dealkylation sites (N-methyl/N-ethyl adjacent to an activating group) is 1. The van der Waals surface area contributed by atoms with Crippen molar-refractivity contribution in [2.24, 2.45) is 7.05 Å². The van der Waals surface area contributed by atoms with Crippen molar-refractivity contribution in [3.8, 4) is 5.75 Å². The number of aliphatic hydroxyl groups excluding tert-OH is 1. The van der Waals surface area contributed by atoms with Crippen molar-refractivity contribution in [1.82, 2.24) is 14.5 Å². The molecule has 21 heavy (non-hydrogen) atoms. The minimum absolute atomic E-state index is 0.0730. The summed E-state index contributed by atoms with van der Waals surface area (Å²) in [6.07, 6.45) is 4.10. The van der Waals surface area contributed by atoms with Crippen molar-refractivity contribution >= 4 is 0 Å². The van der Waals surface area contributed by atoms with Crippen LogP contribution in [0.1, 0.15) is 23.1 Å². The Morgan fingerprint density at radius 1 is 1.48 bits per heavy atom. The molecule has 1 N–H and O–H groups in total. The van der Waals surface area contributed by atoms with Gasteiger partial charge in [-0.25, -0.2) is 4.98 Å². The van der Waals surface area contributed by atoms with E-state index in [1.807, 2.05) is 43.1 Å². The first-order valence-corrected chi connectivity index (χ1v) is 7.11. The van der Waals surface area contributed by atoms with Crippen LogP contribution in [0, 0.1) is 0 Å². The molecule has 2 unspecified atom stereocenters. The van der Waals surface area contributed by atoms with Crippen LogP contribution in [0.15, 0.2) is 30.6 Å². The molecular formula is C16H21N3O2. The second-order valence-corrected chi connectivity index (χ2v) is 5.65. The van der Waals surface area contributed by atoms with Crippen LogP contribution >= 0.6 is 0 Å². The number of methoxy groups -OCH3 is 1. The Kier molecular flexibility index (Phi) is 3.69. The van der Waals surface area contributed by atoms with Gasteiger partial charge >= 0.3 is 0 Å². The maximum Gasteiger partial charge on any atom is 0.122 e. The quantitative estimate of drug-likeness (QED) is 0.926. The van der Waals surface area contributed by atoms with Crippen molar-refractivity contribution < 1.29 is 9.84 Å². The van der Waals surface area contributed by atoms with Crippen molar-refractivity contribution in [3.05, 3.63) is 47.5 Å². The molecule has 2 atom stereocenters. The molecule has 0 spiro atoms. The summed E-state index contributed by atoms with van der Waals surface area (Å²) in [7, 11) is 5.67. The molecule has 0 saturated heterocycles. The molecular weight excluding hydrogens is 266 g/mol. The number of hydrogen-bond donors (Lipinski definition) is 1. The molecule has 0 amide bonds. The number of aromatic nitrogens is 2. The van der Waals surface area contributed by atoms with Gasteiger partial charge in [0.1, 0.15) is 11.6 Å². The van der Waals surface area contributed by atoms with Crippen LogP contribution in [-0.4, -0.2) is 39.8 Å². The van der Waals surface area contributed by atoms with Crippen LogP contribution in [0.3, 0.4) is 0 Å². The van der Waals surface area contributed by atoms with Crippen LogP contribution in [0.25, 0.3) is 0 Å². The second-order valence-electron chi connectivity index (χ2n) is 5.65. The smallest absolute Gasteiger partial charge is 0.122 e. The van der Waals surface area contributed by atoms with Gasteiger partial charge in [-0.3, -0.25) is 4.90 Å². The third-order valence-electron chi connectivity index (χ3n) is 4.34. The van der Waals surface area contributed by atoms with E-state index in [0.717, 1.165) is 30.1 Å². The number of imidazole rings is 1. The summed E-state index contributed by atoms with van der Waals surface area (Å²) in [5.74, 6) is 1.79. The molecule has 2 aromatic rings. The van der Waals surface area contributed by atoms with Gasteiger partial charge in [-0.05, 0) is 36.7 Å². The van der Waals surface area contributed by atoms with Crippen LogP contribution in [0.4, 0.5) is 0 Å². The third kappa shape index (κ3) is 2.54. The molecule has 5 nitrogen and oxygen atoms in total. The molecule has 0 fully saturated rings. The SMILES string of the molecule is COc1ccc2c(c1)C(O)C(N(C)Cc1nccn1C)C2. The maximum atomic E-state index is 10.6. The number of hydrogen-bond acceptors (Lipinski definition) is 4. The van der Waals surface area contributed by atoms with Gasteiger partial charge in [0.15, 0.2) is 0 Å². The average Bonchev–Trinajstić information content (AvgIpc) is 3.03. The Morgan fingerprint density at radius 2 is 2.29 bits per heavy atom. The lowest BCUT2D eigenvalue weighted by atomic mass is 10.1. The minimum Gasteiger partial charge on any atom is -0.497 e. The fraction of sp³-hybridized carbons (Fsp3) is 0.438. The lowest BCUT2D eigenvalue weighted by Crippen LogP contribution is -2.35. The van der Waals surface area contributed by atoms with Crippen molar-refractivity contribution in [3.63, 3.8) is 0 Å². The van der Waals surface area contributed by atoms with Gasteiger partial charge in [-0.1, -0.05) is 6.07 Å². The van der Waals surface area contributed by atoms with E-state index < -0.39 is 6.10 Å². The topological polar surface area (TPSA) is 50.5 Å². The molecule has 3 rings (SSSR count). The molecule has 0 radical (unpaired) electrons. The van der Waals surface area contributed by atoms with Crippen LogP contribution in [0.5, 0.6) is 5.75 Å².